The van der Waals surface area contributed by atoms with Crippen LogP contribution >= 0.6 is 0 Å². The fraction of sp³-hybridized carbons (Fsp3) is 0.562. The molecule has 0 amide bonds. The molecule has 2 N–H and O–H groups in total. The van der Waals surface area contributed by atoms with Gasteiger partial charge in [0.15, 0.2) is 0 Å². The molecule has 0 fully saturated rings. The van der Waals surface area contributed by atoms with Crippen LogP contribution in [0.1, 0.15) is 18.1 Å². The third-order valence-corrected chi connectivity index (χ3v) is 5.00. The predicted molar refractivity (Wildman–Crippen MR) is 91.7 cm³/mol. The highest BCUT2D eigenvalue weighted by Gasteiger charge is 2.31. The maximum atomic E-state index is 12.4. The normalized spacial score (nSPS) is 12.2. The summed E-state index contributed by atoms with van der Waals surface area (Å²) >= 11 is 0. The van der Waals surface area contributed by atoms with Gasteiger partial charge in [-0.15, -0.1) is 0 Å². The smallest absolute Gasteiger partial charge is 0.392 e. The number of nitrogens with one attached hydrogen (secondary N) is 1. The third-order valence-electron chi connectivity index (χ3n) is 3.30. The summed E-state index contributed by atoms with van der Waals surface area (Å²) < 4.78 is 42.5. The zero-order chi connectivity index (χ0) is 18.4. The Labute approximate surface area is 141 Å². The van der Waals surface area contributed by atoms with E-state index in [1.165, 1.54) is 12.4 Å². The lowest BCUT2D eigenvalue weighted by atomic mass is 10.1. The molecule has 0 unspecified atom stereocenters. The van der Waals surface area contributed by atoms with Gasteiger partial charge in [-0.1, -0.05) is 19.6 Å². The number of imidazole rings is 1. The number of H-pyrrole nitrogens is 1. The molecule has 0 aliphatic rings. The van der Waals surface area contributed by atoms with Crippen molar-refractivity contribution in [2.75, 3.05) is 13.2 Å². The standard InChI is InChI=1S/C9H7F3N2O.C7H18OSi/c10-9(11,12)6-1-5(3-15)8-7(2-6)13-4-14-8;1-5-8-6-7-9(2,3)4/h1-2,4,15H,3H2,(H,13,14);5-7H2,1-4H3. The number of hydrogen-bond acceptors (Lipinski definition) is 3. The van der Waals surface area contributed by atoms with E-state index in [-0.39, 0.29) is 11.1 Å². The van der Waals surface area contributed by atoms with Crippen LogP contribution in [0.15, 0.2) is 18.5 Å². The Hall–Kier alpha value is -1.38. The van der Waals surface area contributed by atoms with Crippen LogP contribution in [0.3, 0.4) is 0 Å². The molecule has 0 spiro atoms. The minimum atomic E-state index is -4.41. The van der Waals surface area contributed by atoms with Crippen molar-refractivity contribution in [1.29, 1.82) is 0 Å². The first-order valence-corrected chi connectivity index (χ1v) is 11.5. The van der Waals surface area contributed by atoms with Gasteiger partial charge in [-0.3, -0.25) is 0 Å². The molecule has 0 radical (unpaired) electrons. The summed E-state index contributed by atoms with van der Waals surface area (Å²) in [4.78, 5) is 6.41. The maximum Gasteiger partial charge on any atom is 0.416 e. The lowest BCUT2D eigenvalue weighted by Crippen LogP contribution is -2.21. The largest absolute Gasteiger partial charge is 0.416 e. The molecular weight excluding hydrogens is 337 g/mol. The molecule has 0 aliphatic heterocycles. The second-order valence-corrected chi connectivity index (χ2v) is 12.2. The molecule has 1 aromatic heterocycles. The summed E-state index contributed by atoms with van der Waals surface area (Å²) in [6.45, 7) is 10.5. The quantitative estimate of drug-likeness (QED) is 0.611. The van der Waals surface area contributed by atoms with Gasteiger partial charge < -0.3 is 14.8 Å². The monoisotopic (exact) mass is 362 g/mol. The van der Waals surface area contributed by atoms with E-state index in [0.29, 0.717) is 5.52 Å². The van der Waals surface area contributed by atoms with Crippen LogP contribution in [-0.2, 0) is 17.5 Å². The van der Waals surface area contributed by atoms with Crippen molar-refractivity contribution in [3.8, 4) is 0 Å². The third kappa shape index (κ3) is 6.62. The zero-order valence-electron chi connectivity index (χ0n) is 14.5. The lowest BCUT2D eigenvalue weighted by Gasteiger charge is -2.14. The van der Waals surface area contributed by atoms with E-state index < -0.39 is 26.4 Å². The number of aliphatic hydroxyl groups is 1. The first-order chi connectivity index (χ1) is 11.1. The Morgan fingerprint density at radius 3 is 2.42 bits per heavy atom. The summed E-state index contributed by atoms with van der Waals surface area (Å²) in [5.74, 6) is 0. The summed E-state index contributed by atoms with van der Waals surface area (Å²) in [5, 5.41) is 8.92. The molecule has 24 heavy (non-hydrogen) atoms. The Kier molecular flexibility index (Phi) is 7.44. The predicted octanol–water partition coefficient (Wildman–Crippen LogP) is 4.44. The summed E-state index contributed by atoms with van der Waals surface area (Å²) in [6.07, 6.45) is -3.12. The number of aromatic nitrogens is 2. The van der Waals surface area contributed by atoms with E-state index in [9.17, 15) is 13.2 Å². The van der Waals surface area contributed by atoms with Crippen molar-refractivity contribution < 1.29 is 23.0 Å². The molecule has 136 valence electrons. The van der Waals surface area contributed by atoms with Gasteiger partial charge in [-0.25, -0.2) is 4.98 Å². The number of alkyl halides is 3. The second kappa shape index (κ2) is 8.64. The van der Waals surface area contributed by atoms with Crippen LogP contribution in [0.5, 0.6) is 0 Å². The van der Waals surface area contributed by atoms with Crippen molar-refractivity contribution in [1.82, 2.24) is 9.97 Å². The summed E-state index contributed by atoms with van der Waals surface area (Å²) in [5.41, 5.74) is 0.0174. The number of aromatic amines is 1. The van der Waals surface area contributed by atoms with Crippen molar-refractivity contribution in [3.05, 3.63) is 29.6 Å². The first-order valence-electron chi connectivity index (χ1n) is 7.80. The average molecular weight is 362 g/mol. The van der Waals surface area contributed by atoms with Gasteiger partial charge in [0.2, 0.25) is 0 Å². The zero-order valence-corrected chi connectivity index (χ0v) is 15.5. The molecule has 2 rings (SSSR count). The molecule has 1 aromatic carbocycles. The number of benzene rings is 1. The van der Waals surface area contributed by atoms with Gasteiger partial charge in [-0.2, -0.15) is 13.2 Å². The topological polar surface area (TPSA) is 58.1 Å². The highest BCUT2D eigenvalue weighted by Crippen LogP contribution is 2.32. The molecule has 1 heterocycles. The number of hydrogen-bond donors (Lipinski definition) is 2. The highest BCUT2D eigenvalue weighted by molar-refractivity contribution is 6.76. The van der Waals surface area contributed by atoms with Gasteiger partial charge in [-0.05, 0) is 25.1 Å². The average Bonchev–Trinajstić information content (AvgIpc) is 2.93. The molecule has 4 nitrogen and oxygen atoms in total. The van der Waals surface area contributed by atoms with E-state index in [4.69, 9.17) is 9.84 Å². The van der Waals surface area contributed by atoms with E-state index >= 15 is 0 Å². The molecule has 0 bridgehead atoms. The van der Waals surface area contributed by atoms with Gasteiger partial charge in [0.25, 0.3) is 0 Å². The molecule has 0 aliphatic carbocycles. The molecule has 2 aromatic rings. The van der Waals surface area contributed by atoms with Crippen LogP contribution in [0.4, 0.5) is 13.2 Å². The highest BCUT2D eigenvalue weighted by atomic mass is 28.3. The first kappa shape index (κ1) is 20.7. The SMILES string of the molecule is CCOCC[Si](C)(C)C.OCc1cc(C(F)(F)F)cc2[nH]cnc12. The number of halogens is 3. The van der Waals surface area contributed by atoms with Crippen LogP contribution in [0, 0.1) is 0 Å². The van der Waals surface area contributed by atoms with Crippen molar-refractivity contribution in [2.24, 2.45) is 0 Å². The van der Waals surface area contributed by atoms with E-state index in [2.05, 4.69) is 29.6 Å². The van der Waals surface area contributed by atoms with Gasteiger partial charge in [0.05, 0.1) is 29.5 Å². The summed E-state index contributed by atoms with van der Waals surface area (Å²) in [7, 11) is -0.819. The van der Waals surface area contributed by atoms with Crippen LogP contribution in [-0.4, -0.2) is 36.4 Å². The summed E-state index contributed by atoms with van der Waals surface area (Å²) in [6, 6.07) is 3.17. The molecule has 0 saturated heterocycles. The molecular formula is C16H25F3N2O2Si. The fourth-order valence-electron chi connectivity index (χ4n) is 1.93. The van der Waals surface area contributed by atoms with E-state index in [0.717, 1.165) is 25.3 Å². The Morgan fingerprint density at radius 2 is 1.92 bits per heavy atom. The minimum Gasteiger partial charge on any atom is -0.392 e. The second-order valence-electron chi connectivity index (χ2n) is 6.60. The van der Waals surface area contributed by atoms with Crippen molar-refractivity contribution in [2.45, 2.75) is 45.4 Å². The van der Waals surface area contributed by atoms with Gasteiger partial charge in [0.1, 0.15) is 0 Å². The molecule has 0 atom stereocenters. The number of rotatable bonds is 5. The number of nitrogens with zero attached hydrogens (tertiary/aromatic N) is 1. The van der Waals surface area contributed by atoms with Crippen LogP contribution in [0.2, 0.25) is 25.7 Å². The van der Waals surface area contributed by atoms with E-state index in [1.54, 1.807) is 0 Å². The Bertz CT molecular complexity index is 636. The molecule has 8 heteroatoms. The lowest BCUT2D eigenvalue weighted by molar-refractivity contribution is -0.137. The van der Waals surface area contributed by atoms with Crippen molar-refractivity contribution >= 4 is 19.1 Å². The molecule has 0 saturated carbocycles. The number of ether oxygens (including phenoxy) is 1. The maximum absolute atomic E-state index is 12.4. The fourth-order valence-corrected chi connectivity index (χ4v) is 2.69. The van der Waals surface area contributed by atoms with Crippen LogP contribution in [0.25, 0.3) is 11.0 Å². The van der Waals surface area contributed by atoms with Gasteiger partial charge >= 0.3 is 6.18 Å². The Balaban J connectivity index is 0.000000277. The van der Waals surface area contributed by atoms with Crippen molar-refractivity contribution in [3.63, 3.8) is 0 Å². The Morgan fingerprint density at radius 1 is 1.25 bits per heavy atom. The van der Waals surface area contributed by atoms with Gasteiger partial charge in [0, 0.05) is 26.9 Å². The number of aliphatic hydroxyl groups excluding tert-OH is 1. The van der Waals surface area contributed by atoms with E-state index in [1.807, 2.05) is 6.92 Å². The minimum absolute atomic E-state index is 0.168. The van der Waals surface area contributed by atoms with Crippen LogP contribution < -0.4 is 0 Å². The number of fused-ring (bicyclic) bond motifs is 1.